The zero-order chi connectivity index (χ0) is 39.1. The SMILES string of the molecule is C=C1CC[C@H](Nc2ccc(C3CCN(CC4CC5(CCN(c6cc(OC)c([C@H]7c8ccc(O)cc8CC[C@H]7c7ccccc7)cc6F)CC5)C4)CC3)cc2)C(=O)N1. The van der Waals surface area contributed by atoms with Gasteiger partial charge in [-0.1, -0.05) is 55.1 Å². The largest absolute Gasteiger partial charge is 0.508 e. The number of ether oxygens (including phenoxy) is 1. The predicted molar refractivity (Wildman–Crippen MR) is 226 cm³/mol. The van der Waals surface area contributed by atoms with Crippen LogP contribution in [-0.4, -0.2) is 61.8 Å². The molecule has 8 heteroatoms. The van der Waals surface area contributed by atoms with E-state index < -0.39 is 0 Å². The number of phenolic OH excluding ortho intramolecular Hbond substituents is 1. The maximum Gasteiger partial charge on any atom is 0.246 e. The fourth-order valence-corrected chi connectivity index (χ4v) is 11.2. The second-order valence-electron chi connectivity index (χ2n) is 17.7. The third-order valence-corrected chi connectivity index (χ3v) is 14.2. The lowest BCUT2D eigenvalue weighted by molar-refractivity contribution is -0.122. The van der Waals surface area contributed by atoms with E-state index >= 15 is 4.39 Å². The van der Waals surface area contributed by atoms with E-state index in [1.54, 1.807) is 19.2 Å². The highest BCUT2D eigenvalue weighted by Crippen LogP contribution is 2.54. The number of likely N-dealkylation sites (tertiary alicyclic amines) is 1. The van der Waals surface area contributed by atoms with E-state index in [2.05, 4.69) is 75.5 Å². The number of aromatic hydroxyl groups is 1. The lowest BCUT2D eigenvalue weighted by atomic mass is 9.57. The third-order valence-electron chi connectivity index (χ3n) is 14.2. The summed E-state index contributed by atoms with van der Waals surface area (Å²) in [5.41, 5.74) is 8.63. The third kappa shape index (κ3) is 7.77. The van der Waals surface area contributed by atoms with Gasteiger partial charge in [-0.15, -0.1) is 0 Å². The molecule has 4 aromatic rings. The van der Waals surface area contributed by atoms with Crippen molar-refractivity contribution in [3.8, 4) is 11.5 Å². The molecule has 3 saturated heterocycles. The van der Waals surface area contributed by atoms with E-state index in [1.807, 2.05) is 24.3 Å². The number of nitrogens with one attached hydrogen (secondary N) is 2. The van der Waals surface area contributed by atoms with Crippen molar-refractivity contribution in [3.05, 3.63) is 131 Å². The highest BCUT2D eigenvalue weighted by atomic mass is 19.1. The van der Waals surface area contributed by atoms with Crippen LogP contribution in [-0.2, 0) is 11.2 Å². The van der Waals surface area contributed by atoms with Gasteiger partial charge in [-0.25, -0.2) is 4.39 Å². The van der Waals surface area contributed by atoms with Gasteiger partial charge in [-0.3, -0.25) is 4.79 Å². The number of nitrogens with zero attached hydrogens (tertiary/aromatic N) is 2. The Balaban J connectivity index is 0.785. The highest BCUT2D eigenvalue weighted by Gasteiger charge is 2.46. The van der Waals surface area contributed by atoms with Crippen LogP contribution in [0.2, 0.25) is 0 Å². The number of carbonyl (C=O) groups excluding carboxylic acids is 1. The molecule has 3 atom stereocenters. The fourth-order valence-electron chi connectivity index (χ4n) is 11.2. The molecule has 298 valence electrons. The maximum absolute atomic E-state index is 16.4. The van der Waals surface area contributed by atoms with Crippen LogP contribution in [0.3, 0.4) is 0 Å². The minimum Gasteiger partial charge on any atom is -0.508 e. The van der Waals surface area contributed by atoms with E-state index in [-0.39, 0.29) is 35.4 Å². The molecule has 0 radical (unpaired) electrons. The van der Waals surface area contributed by atoms with Gasteiger partial charge in [-0.05, 0) is 153 Å². The number of hydrogen-bond acceptors (Lipinski definition) is 6. The first-order valence-electron chi connectivity index (χ1n) is 21.3. The lowest BCUT2D eigenvalue weighted by Crippen LogP contribution is -2.50. The van der Waals surface area contributed by atoms with Gasteiger partial charge < -0.3 is 30.3 Å². The zero-order valence-corrected chi connectivity index (χ0v) is 33.3. The Bertz CT molecular complexity index is 2080. The molecule has 1 saturated carbocycles. The summed E-state index contributed by atoms with van der Waals surface area (Å²) >= 11 is 0. The number of rotatable bonds is 9. The Morgan fingerprint density at radius 1 is 0.877 bits per heavy atom. The van der Waals surface area contributed by atoms with E-state index in [1.165, 1.54) is 43.4 Å². The van der Waals surface area contributed by atoms with Crippen molar-refractivity contribution in [2.45, 2.75) is 88.0 Å². The second-order valence-corrected chi connectivity index (χ2v) is 17.7. The van der Waals surface area contributed by atoms with Crippen LogP contribution in [0.15, 0.2) is 97.2 Å². The van der Waals surface area contributed by atoms with Gasteiger partial charge in [-0.2, -0.15) is 0 Å². The first-order chi connectivity index (χ1) is 27.7. The quantitative estimate of drug-likeness (QED) is 0.158. The monoisotopic (exact) mass is 768 g/mol. The fraction of sp³-hybridized carbons (Fsp3) is 0.449. The molecule has 9 rings (SSSR count). The van der Waals surface area contributed by atoms with E-state index in [0.29, 0.717) is 17.0 Å². The van der Waals surface area contributed by atoms with Crippen LogP contribution < -0.4 is 20.3 Å². The topological polar surface area (TPSA) is 77.1 Å². The summed E-state index contributed by atoms with van der Waals surface area (Å²) in [6, 6.07) is 28.4. The molecule has 3 aliphatic heterocycles. The number of fused-ring (bicyclic) bond motifs is 1. The first-order valence-corrected chi connectivity index (χ1v) is 21.3. The number of piperidine rings is 3. The van der Waals surface area contributed by atoms with Gasteiger partial charge in [0.15, 0.2) is 0 Å². The van der Waals surface area contributed by atoms with Crippen molar-refractivity contribution in [1.82, 2.24) is 10.2 Å². The van der Waals surface area contributed by atoms with Gasteiger partial charge in [0, 0.05) is 48.6 Å². The standard InChI is InChI=1S/C49H57FN4O3/c1-32-8-17-44(48(56)51-32)52-38-12-9-34(10-13-38)35-18-22-53(23-19-35)31-33-29-49(30-33)20-24-54(25-21-49)45-28-46(57-2)42(27-43(45)50)47-40(36-6-4-3-5-7-36)15-11-37-26-39(55)14-16-41(37)47/h3-7,9-10,12-14,16,26-28,33,35,40,44,47,52,55H,1,8,11,15,17-25,29-31H2,2H3,(H,51,56)/t40-,44-,47+/m0/s1. The van der Waals surface area contributed by atoms with E-state index in [0.717, 1.165) is 104 Å². The van der Waals surface area contributed by atoms with Gasteiger partial charge in [0.25, 0.3) is 0 Å². The zero-order valence-electron chi connectivity index (χ0n) is 33.3. The summed E-state index contributed by atoms with van der Waals surface area (Å²) < 4.78 is 22.5. The Morgan fingerprint density at radius 3 is 2.35 bits per heavy atom. The van der Waals surface area contributed by atoms with Crippen LogP contribution in [0.25, 0.3) is 0 Å². The summed E-state index contributed by atoms with van der Waals surface area (Å²) in [5, 5.41) is 16.6. The molecule has 5 aliphatic rings. The van der Waals surface area contributed by atoms with Crippen molar-refractivity contribution in [3.63, 3.8) is 0 Å². The number of halogens is 1. The molecule has 0 aromatic heterocycles. The number of methoxy groups -OCH3 is 1. The Labute approximate surface area is 337 Å². The van der Waals surface area contributed by atoms with Crippen molar-refractivity contribution in [1.29, 1.82) is 0 Å². The maximum atomic E-state index is 16.4. The average Bonchev–Trinajstić information content (AvgIpc) is 3.22. The van der Waals surface area contributed by atoms with Gasteiger partial charge in [0.2, 0.25) is 5.91 Å². The molecule has 57 heavy (non-hydrogen) atoms. The summed E-state index contributed by atoms with van der Waals surface area (Å²) in [6.07, 6.45) is 10.5. The molecule has 3 N–H and O–H groups in total. The molecule has 7 nitrogen and oxygen atoms in total. The lowest BCUT2D eigenvalue weighted by Gasteiger charge is -2.54. The summed E-state index contributed by atoms with van der Waals surface area (Å²) in [7, 11) is 1.70. The number of phenols is 1. The number of aryl methyl sites for hydroxylation is 1. The molecular formula is C49H57FN4O3. The summed E-state index contributed by atoms with van der Waals surface area (Å²) in [5.74, 6) is 2.27. The Kier molecular flexibility index (Phi) is 10.5. The molecule has 2 aliphatic carbocycles. The number of allylic oxidation sites excluding steroid dienone is 1. The van der Waals surface area contributed by atoms with Crippen molar-refractivity contribution < 1.29 is 19.0 Å². The van der Waals surface area contributed by atoms with Gasteiger partial charge in [0.1, 0.15) is 23.4 Å². The number of anilines is 2. The van der Waals surface area contributed by atoms with Gasteiger partial charge >= 0.3 is 0 Å². The normalized spacial score (nSPS) is 24.1. The van der Waals surface area contributed by atoms with Crippen LogP contribution in [0, 0.1) is 17.2 Å². The predicted octanol–water partition coefficient (Wildman–Crippen LogP) is 9.48. The highest BCUT2D eigenvalue weighted by molar-refractivity contribution is 5.87. The molecule has 1 spiro atoms. The molecule has 4 fully saturated rings. The summed E-state index contributed by atoms with van der Waals surface area (Å²) in [4.78, 5) is 17.2. The van der Waals surface area contributed by atoms with Gasteiger partial charge in [0.05, 0.1) is 12.8 Å². The molecule has 3 heterocycles. The summed E-state index contributed by atoms with van der Waals surface area (Å²) in [6.45, 7) is 9.10. The number of benzene rings is 4. The molecule has 0 bridgehead atoms. The Morgan fingerprint density at radius 2 is 1.63 bits per heavy atom. The number of amides is 1. The smallest absolute Gasteiger partial charge is 0.246 e. The molecule has 0 unspecified atom stereocenters. The molecule has 4 aromatic carbocycles. The first kappa shape index (κ1) is 37.7. The van der Waals surface area contributed by atoms with Crippen LogP contribution in [0.1, 0.15) is 103 Å². The van der Waals surface area contributed by atoms with Crippen LogP contribution in [0.5, 0.6) is 11.5 Å². The number of hydrogen-bond donors (Lipinski definition) is 3. The van der Waals surface area contributed by atoms with E-state index in [4.69, 9.17) is 4.74 Å². The minimum absolute atomic E-state index is 0.00615. The molecular weight excluding hydrogens is 712 g/mol. The van der Waals surface area contributed by atoms with Crippen LogP contribution in [0.4, 0.5) is 15.8 Å². The van der Waals surface area contributed by atoms with Crippen molar-refractivity contribution >= 4 is 17.3 Å². The minimum atomic E-state index is -0.203. The average molecular weight is 769 g/mol. The Hall–Kier alpha value is -4.82. The van der Waals surface area contributed by atoms with E-state index in [9.17, 15) is 9.90 Å². The van der Waals surface area contributed by atoms with Crippen molar-refractivity contribution in [2.24, 2.45) is 11.3 Å². The number of carbonyl (C=O) groups is 1. The van der Waals surface area contributed by atoms with Crippen molar-refractivity contribution in [2.75, 3.05) is 50.1 Å². The second kappa shape index (κ2) is 15.8. The van der Waals surface area contributed by atoms with Crippen LogP contribution >= 0.6 is 0 Å². The molecule has 1 amide bonds.